The third-order valence-electron chi connectivity index (χ3n) is 5.63. The van der Waals surface area contributed by atoms with E-state index < -0.39 is 23.8 Å². The number of likely N-dealkylation sites (tertiary alicyclic amines) is 1. The maximum absolute atomic E-state index is 14.1. The van der Waals surface area contributed by atoms with Gasteiger partial charge in [0.2, 0.25) is 0 Å². The Balaban J connectivity index is 0.00000235. The van der Waals surface area contributed by atoms with Crippen molar-refractivity contribution in [3.63, 3.8) is 0 Å². The first-order valence-electron chi connectivity index (χ1n) is 12.7. The highest BCUT2D eigenvalue weighted by Crippen LogP contribution is 2.38. The van der Waals surface area contributed by atoms with E-state index in [2.05, 4.69) is 20.6 Å². The first-order valence-corrected chi connectivity index (χ1v) is 13.5. The minimum Gasteiger partial charge on any atom is -0.389 e. The zero-order valence-corrected chi connectivity index (χ0v) is 23.5. The molecule has 1 aliphatic heterocycles. The lowest BCUT2D eigenvalue weighted by molar-refractivity contribution is 0.0692. The molecular weight excluding hydrogens is 500 g/mol. The van der Waals surface area contributed by atoms with Crippen LogP contribution in [0.1, 0.15) is 93.6 Å². The number of amides is 2. The molecular formula is C26H39F2N5O3S. The molecule has 0 radical (unpaired) electrons. The lowest BCUT2D eigenvalue weighted by Crippen LogP contribution is -2.38. The van der Waals surface area contributed by atoms with Gasteiger partial charge in [-0.05, 0) is 45.6 Å². The molecule has 37 heavy (non-hydrogen) atoms. The number of halogens is 2. The van der Waals surface area contributed by atoms with Gasteiger partial charge < -0.3 is 20.6 Å². The third kappa shape index (κ3) is 8.16. The lowest BCUT2D eigenvalue weighted by Gasteiger charge is -2.21. The fraction of sp³-hybridized carbons (Fsp3) is 0.615. The van der Waals surface area contributed by atoms with E-state index in [4.69, 9.17) is 0 Å². The molecule has 3 N–H and O–H groups in total. The van der Waals surface area contributed by atoms with Crippen LogP contribution in [0.3, 0.4) is 0 Å². The van der Waals surface area contributed by atoms with Gasteiger partial charge in [0.05, 0.1) is 10.5 Å². The fourth-order valence-corrected chi connectivity index (χ4v) is 4.74. The van der Waals surface area contributed by atoms with E-state index in [-0.39, 0.29) is 39.3 Å². The van der Waals surface area contributed by atoms with Gasteiger partial charge in [-0.3, -0.25) is 9.59 Å². The molecule has 2 aromatic rings. The number of nitrogens with one attached hydrogen (secondary N) is 2. The van der Waals surface area contributed by atoms with E-state index in [1.165, 1.54) is 12.3 Å². The van der Waals surface area contributed by atoms with Crippen molar-refractivity contribution < 1.29 is 23.5 Å². The monoisotopic (exact) mass is 539 g/mol. The molecule has 0 saturated carbocycles. The van der Waals surface area contributed by atoms with Crippen molar-refractivity contribution in [1.29, 1.82) is 0 Å². The highest BCUT2D eigenvalue weighted by atomic mass is 32.1. The lowest BCUT2D eigenvalue weighted by atomic mass is 10.1. The Labute approximate surface area is 221 Å². The fourth-order valence-electron chi connectivity index (χ4n) is 3.73. The van der Waals surface area contributed by atoms with Crippen LogP contribution in [-0.4, -0.2) is 63.1 Å². The van der Waals surface area contributed by atoms with Crippen LogP contribution >= 0.6 is 11.3 Å². The number of nitrogens with zero attached hydrogens (tertiary/aromatic N) is 3. The molecule has 1 atom stereocenters. The smallest absolute Gasteiger partial charge is 0.280 e. The number of alkyl halides is 2. The summed E-state index contributed by atoms with van der Waals surface area (Å²) in [5.41, 5.74) is -1.40. The second-order valence-electron chi connectivity index (χ2n) is 9.91. The summed E-state index contributed by atoms with van der Waals surface area (Å²) in [6.07, 6.45) is 0.159. The molecule has 1 aliphatic rings. The van der Waals surface area contributed by atoms with Crippen molar-refractivity contribution in [2.75, 3.05) is 25.0 Å². The first kappa shape index (κ1) is 30.6. The quantitative estimate of drug-likeness (QED) is 0.396. The zero-order valence-electron chi connectivity index (χ0n) is 22.7. The minimum absolute atomic E-state index is 0.0141. The number of pyridine rings is 1. The molecule has 0 spiro atoms. The van der Waals surface area contributed by atoms with Gasteiger partial charge in [0.25, 0.3) is 18.2 Å². The Morgan fingerprint density at radius 1 is 1.30 bits per heavy atom. The Morgan fingerprint density at radius 2 is 1.97 bits per heavy atom. The number of hydrogen-bond acceptors (Lipinski definition) is 7. The van der Waals surface area contributed by atoms with Crippen molar-refractivity contribution >= 4 is 29.0 Å². The van der Waals surface area contributed by atoms with Gasteiger partial charge in [0, 0.05) is 43.0 Å². The largest absolute Gasteiger partial charge is 0.389 e. The molecule has 3 rings (SSSR count). The van der Waals surface area contributed by atoms with E-state index >= 15 is 0 Å². The number of aliphatic hydroxyl groups is 1. The van der Waals surface area contributed by atoms with Crippen LogP contribution in [0, 0.1) is 5.92 Å². The van der Waals surface area contributed by atoms with Gasteiger partial charge >= 0.3 is 0 Å². The van der Waals surface area contributed by atoms with Crippen molar-refractivity contribution in [3.05, 3.63) is 28.5 Å². The van der Waals surface area contributed by atoms with Crippen molar-refractivity contribution in [2.45, 2.75) is 79.4 Å². The van der Waals surface area contributed by atoms with E-state index in [1.807, 2.05) is 34.6 Å². The molecule has 2 amide bonds. The second kappa shape index (κ2) is 13.2. The Bertz CT molecular complexity index is 1070. The predicted molar refractivity (Wildman–Crippen MR) is 143 cm³/mol. The third-order valence-corrected chi connectivity index (χ3v) is 6.71. The number of aromatic nitrogens is 2. The van der Waals surface area contributed by atoms with Crippen molar-refractivity contribution in [2.24, 2.45) is 5.92 Å². The molecule has 0 aliphatic carbocycles. The number of carbonyl (C=O) groups is 2. The van der Waals surface area contributed by atoms with Crippen molar-refractivity contribution in [3.8, 4) is 10.4 Å². The average Bonchev–Trinajstić information content (AvgIpc) is 3.48. The van der Waals surface area contributed by atoms with Gasteiger partial charge in [0.1, 0.15) is 11.5 Å². The van der Waals surface area contributed by atoms with Crippen LogP contribution in [0.4, 0.5) is 14.6 Å². The summed E-state index contributed by atoms with van der Waals surface area (Å²) in [5, 5.41) is 15.5. The minimum atomic E-state index is -2.82. The van der Waals surface area contributed by atoms with Gasteiger partial charge in [0.15, 0.2) is 5.01 Å². The SMILES string of the molecule is CC.CC(C)CNc1cc(C(F)F)c(-c2sc(C(=O)NCC(C)(C)O)nc2C(=O)N2CCCC2C)cn1. The molecule has 8 nitrogen and oxygen atoms in total. The van der Waals surface area contributed by atoms with Crippen LogP contribution in [-0.2, 0) is 0 Å². The van der Waals surface area contributed by atoms with Crippen LogP contribution in [0.25, 0.3) is 10.4 Å². The van der Waals surface area contributed by atoms with Crippen LogP contribution in [0.5, 0.6) is 0 Å². The average molecular weight is 540 g/mol. The molecule has 11 heteroatoms. The molecule has 1 fully saturated rings. The highest BCUT2D eigenvalue weighted by Gasteiger charge is 2.33. The van der Waals surface area contributed by atoms with Crippen LogP contribution in [0.15, 0.2) is 12.3 Å². The molecule has 206 valence electrons. The van der Waals surface area contributed by atoms with Crippen LogP contribution < -0.4 is 10.6 Å². The Hall–Kier alpha value is -2.66. The standard InChI is InChI=1S/C24H33F2N5O3S.C2H6/c1-13(2)10-27-17-9-15(20(25)26)16(11-28-17)19-18(23(33)31-8-6-7-14(31)3)30-22(35-19)21(32)29-12-24(4,5)34;1-2/h9,11,13-14,20,34H,6-8,10,12H2,1-5H3,(H,27,28)(H,29,32);1-2H3. The first-order chi connectivity index (χ1) is 17.4. The number of rotatable bonds is 9. The number of thiazole rings is 1. The summed E-state index contributed by atoms with van der Waals surface area (Å²) < 4.78 is 28.3. The maximum Gasteiger partial charge on any atom is 0.280 e. The normalized spacial score (nSPS) is 15.6. The van der Waals surface area contributed by atoms with E-state index in [0.717, 1.165) is 24.2 Å². The van der Waals surface area contributed by atoms with Gasteiger partial charge in [-0.25, -0.2) is 18.7 Å². The Kier molecular flexibility index (Phi) is 10.9. The zero-order chi connectivity index (χ0) is 27.9. The maximum atomic E-state index is 14.1. The second-order valence-corrected chi connectivity index (χ2v) is 10.9. The van der Waals surface area contributed by atoms with Crippen molar-refractivity contribution in [1.82, 2.24) is 20.2 Å². The summed E-state index contributed by atoms with van der Waals surface area (Å²) >= 11 is 0.869. The summed E-state index contributed by atoms with van der Waals surface area (Å²) in [5.74, 6) is -0.380. The van der Waals surface area contributed by atoms with E-state index in [9.17, 15) is 23.5 Å². The van der Waals surface area contributed by atoms with Crippen LogP contribution in [0.2, 0.25) is 0 Å². The predicted octanol–water partition coefficient (Wildman–Crippen LogP) is 5.36. The summed E-state index contributed by atoms with van der Waals surface area (Å²) in [6, 6.07) is 1.27. The summed E-state index contributed by atoms with van der Waals surface area (Å²) in [6.45, 7) is 14.1. The molecule has 1 saturated heterocycles. The van der Waals surface area contributed by atoms with Gasteiger partial charge in [-0.1, -0.05) is 27.7 Å². The molecule has 0 aromatic carbocycles. The van der Waals surface area contributed by atoms with E-state index in [1.54, 1.807) is 18.7 Å². The molecule has 2 aromatic heterocycles. The topological polar surface area (TPSA) is 107 Å². The van der Waals surface area contributed by atoms with E-state index in [0.29, 0.717) is 24.8 Å². The summed E-state index contributed by atoms with van der Waals surface area (Å²) in [4.78, 5) is 36.6. The number of carbonyl (C=O) groups excluding carboxylic acids is 2. The molecule has 1 unspecified atom stereocenters. The molecule has 3 heterocycles. The molecule has 0 bridgehead atoms. The summed E-state index contributed by atoms with van der Waals surface area (Å²) in [7, 11) is 0. The van der Waals surface area contributed by atoms with Gasteiger partial charge in [-0.15, -0.1) is 11.3 Å². The Morgan fingerprint density at radius 3 is 2.51 bits per heavy atom. The number of anilines is 1. The highest BCUT2D eigenvalue weighted by molar-refractivity contribution is 7.17. The number of hydrogen-bond donors (Lipinski definition) is 3. The van der Waals surface area contributed by atoms with Gasteiger partial charge in [-0.2, -0.15) is 0 Å².